The summed E-state index contributed by atoms with van der Waals surface area (Å²) >= 11 is 6.10. The van der Waals surface area contributed by atoms with Crippen molar-refractivity contribution in [3.63, 3.8) is 0 Å². The van der Waals surface area contributed by atoms with Gasteiger partial charge in [0.1, 0.15) is 0 Å². The van der Waals surface area contributed by atoms with E-state index in [9.17, 15) is 4.79 Å². The molecule has 7 heteroatoms. The summed E-state index contributed by atoms with van der Waals surface area (Å²) in [5.41, 5.74) is 1.35. The van der Waals surface area contributed by atoms with Gasteiger partial charge in [0.25, 0.3) is 5.91 Å². The van der Waals surface area contributed by atoms with E-state index in [2.05, 4.69) is 25.9 Å². The first-order chi connectivity index (χ1) is 9.09. The highest BCUT2D eigenvalue weighted by atomic mass is 35.5. The largest absolute Gasteiger partial charge is 0.351 e. The Hall–Kier alpha value is -1.95. The summed E-state index contributed by atoms with van der Waals surface area (Å²) in [5.74, 6) is 0.339. The molecule has 2 aromatic rings. The maximum absolute atomic E-state index is 12.0. The highest BCUT2D eigenvalue weighted by Crippen LogP contribution is 2.20. The maximum Gasteiger partial charge on any atom is 0.252 e. The monoisotopic (exact) mass is 279 g/mol. The third-order valence-corrected chi connectivity index (χ3v) is 3.31. The van der Waals surface area contributed by atoms with E-state index in [4.69, 9.17) is 11.6 Å². The molecule has 1 amide bonds. The van der Waals surface area contributed by atoms with Gasteiger partial charge < -0.3 is 5.32 Å². The first-order valence-corrected chi connectivity index (χ1v) is 6.24. The molecule has 0 bridgehead atoms. The highest BCUT2D eigenvalue weighted by Gasteiger charge is 2.15. The van der Waals surface area contributed by atoms with E-state index in [-0.39, 0.29) is 11.8 Å². The topological polar surface area (TPSA) is 83.6 Å². The number of carbonyl (C=O) groups is 1. The third-order valence-electron chi connectivity index (χ3n) is 2.81. The standard InChI is InChI=1S/C12H14ClN5O/c1-7-4-3-5-9(10(7)13)12(19)14-6-8(2)11-15-17-18-16-11/h3-5,8H,6H2,1-2H3,(H,14,19)(H,15,16,17,18). The van der Waals surface area contributed by atoms with Gasteiger partial charge >= 0.3 is 0 Å². The fourth-order valence-corrected chi connectivity index (χ4v) is 1.85. The van der Waals surface area contributed by atoms with Crippen LogP contribution in [0.3, 0.4) is 0 Å². The number of H-pyrrole nitrogens is 1. The number of halogens is 1. The van der Waals surface area contributed by atoms with Gasteiger partial charge in [0.2, 0.25) is 0 Å². The summed E-state index contributed by atoms with van der Waals surface area (Å²) < 4.78 is 0. The number of carbonyl (C=O) groups excluding carboxylic acids is 1. The number of amides is 1. The van der Waals surface area contributed by atoms with Crippen LogP contribution in [-0.2, 0) is 0 Å². The van der Waals surface area contributed by atoms with E-state index in [1.165, 1.54) is 0 Å². The van der Waals surface area contributed by atoms with Crippen LogP contribution in [0, 0.1) is 6.92 Å². The Morgan fingerprint density at radius 3 is 3.00 bits per heavy atom. The van der Waals surface area contributed by atoms with Crippen molar-refractivity contribution in [2.24, 2.45) is 0 Å². The number of tetrazole rings is 1. The molecule has 0 aliphatic heterocycles. The Bertz CT molecular complexity index is 570. The smallest absolute Gasteiger partial charge is 0.252 e. The van der Waals surface area contributed by atoms with E-state index in [1.807, 2.05) is 19.9 Å². The van der Waals surface area contributed by atoms with Crippen molar-refractivity contribution in [1.29, 1.82) is 0 Å². The van der Waals surface area contributed by atoms with Crippen LogP contribution in [-0.4, -0.2) is 33.1 Å². The minimum Gasteiger partial charge on any atom is -0.351 e. The number of hydrogen-bond donors (Lipinski definition) is 2. The number of rotatable bonds is 4. The van der Waals surface area contributed by atoms with Crippen molar-refractivity contribution in [3.05, 3.63) is 40.2 Å². The zero-order chi connectivity index (χ0) is 13.8. The molecule has 6 nitrogen and oxygen atoms in total. The second kappa shape index (κ2) is 5.79. The second-order valence-corrected chi connectivity index (χ2v) is 4.70. The van der Waals surface area contributed by atoms with Crippen molar-refractivity contribution in [2.45, 2.75) is 19.8 Å². The Kier molecular flexibility index (Phi) is 4.11. The van der Waals surface area contributed by atoms with Crippen LogP contribution in [0.2, 0.25) is 5.02 Å². The van der Waals surface area contributed by atoms with Crippen molar-refractivity contribution in [1.82, 2.24) is 25.9 Å². The molecular formula is C12H14ClN5O. The molecule has 1 heterocycles. The van der Waals surface area contributed by atoms with Crippen molar-refractivity contribution in [3.8, 4) is 0 Å². The molecule has 19 heavy (non-hydrogen) atoms. The van der Waals surface area contributed by atoms with Crippen LogP contribution in [0.25, 0.3) is 0 Å². The van der Waals surface area contributed by atoms with Gasteiger partial charge in [-0.05, 0) is 18.6 Å². The zero-order valence-electron chi connectivity index (χ0n) is 10.6. The van der Waals surface area contributed by atoms with Crippen LogP contribution in [0.15, 0.2) is 18.2 Å². The molecule has 0 spiro atoms. The number of aromatic nitrogens is 4. The van der Waals surface area contributed by atoms with Gasteiger partial charge in [0.05, 0.1) is 10.6 Å². The number of nitrogens with zero attached hydrogens (tertiary/aromatic N) is 3. The molecule has 0 radical (unpaired) electrons. The lowest BCUT2D eigenvalue weighted by Gasteiger charge is -2.10. The van der Waals surface area contributed by atoms with Crippen LogP contribution >= 0.6 is 11.6 Å². The number of hydrogen-bond acceptors (Lipinski definition) is 4. The molecule has 1 aromatic heterocycles. The molecule has 0 fully saturated rings. The molecule has 0 aliphatic rings. The Labute approximate surface area is 115 Å². The summed E-state index contributed by atoms with van der Waals surface area (Å²) in [6.07, 6.45) is 0. The summed E-state index contributed by atoms with van der Waals surface area (Å²) in [4.78, 5) is 12.0. The molecule has 0 saturated heterocycles. The quantitative estimate of drug-likeness (QED) is 0.892. The molecule has 2 N–H and O–H groups in total. The lowest BCUT2D eigenvalue weighted by atomic mass is 10.1. The Morgan fingerprint density at radius 1 is 1.53 bits per heavy atom. The first kappa shape index (κ1) is 13.5. The van der Waals surface area contributed by atoms with Crippen LogP contribution in [0.4, 0.5) is 0 Å². The fraction of sp³-hybridized carbons (Fsp3) is 0.333. The van der Waals surface area contributed by atoms with Gasteiger partial charge in [-0.2, -0.15) is 5.21 Å². The average molecular weight is 280 g/mol. The number of aromatic amines is 1. The second-order valence-electron chi connectivity index (χ2n) is 4.32. The van der Waals surface area contributed by atoms with Crippen LogP contribution in [0.1, 0.15) is 34.6 Å². The maximum atomic E-state index is 12.0. The molecule has 0 saturated carbocycles. The molecule has 1 unspecified atom stereocenters. The first-order valence-electron chi connectivity index (χ1n) is 5.86. The molecule has 2 rings (SSSR count). The minimum atomic E-state index is -0.205. The zero-order valence-corrected chi connectivity index (χ0v) is 11.4. The summed E-state index contributed by atoms with van der Waals surface area (Å²) in [7, 11) is 0. The minimum absolute atomic E-state index is 0.0220. The summed E-state index contributed by atoms with van der Waals surface area (Å²) in [5, 5.41) is 16.9. The van der Waals surface area contributed by atoms with Crippen molar-refractivity contribution in [2.75, 3.05) is 6.54 Å². The van der Waals surface area contributed by atoms with Crippen LogP contribution < -0.4 is 5.32 Å². The number of aryl methyl sites for hydroxylation is 1. The highest BCUT2D eigenvalue weighted by molar-refractivity contribution is 6.34. The van der Waals surface area contributed by atoms with E-state index < -0.39 is 0 Å². The van der Waals surface area contributed by atoms with Crippen LogP contribution in [0.5, 0.6) is 0 Å². The lowest BCUT2D eigenvalue weighted by Crippen LogP contribution is -2.28. The predicted octanol–water partition coefficient (Wildman–Crippen LogP) is 1.70. The number of nitrogens with one attached hydrogen (secondary N) is 2. The van der Waals surface area contributed by atoms with Crippen molar-refractivity contribution >= 4 is 17.5 Å². The lowest BCUT2D eigenvalue weighted by molar-refractivity contribution is 0.0951. The molecule has 1 atom stereocenters. The molecular weight excluding hydrogens is 266 g/mol. The fourth-order valence-electron chi connectivity index (χ4n) is 1.63. The van der Waals surface area contributed by atoms with Gasteiger partial charge in [-0.25, -0.2) is 0 Å². The van der Waals surface area contributed by atoms with E-state index in [1.54, 1.807) is 12.1 Å². The normalized spacial score (nSPS) is 12.2. The Morgan fingerprint density at radius 2 is 2.32 bits per heavy atom. The van der Waals surface area contributed by atoms with Gasteiger partial charge in [-0.1, -0.05) is 35.9 Å². The van der Waals surface area contributed by atoms with Crippen molar-refractivity contribution < 1.29 is 4.79 Å². The van der Waals surface area contributed by atoms with Gasteiger partial charge in [0, 0.05) is 12.5 Å². The van der Waals surface area contributed by atoms with Gasteiger partial charge in [-0.15, -0.1) is 10.2 Å². The number of benzene rings is 1. The SMILES string of the molecule is Cc1cccc(C(=O)NCC(C)c2nn[nH]n2)c1Cl. The molecule has 1 aromatic carbocycles. The summed E-state index contributed by atoms with van der Waals surface area (Å²) in [6.45, 7) is 4.19. The van der Waals surface area contributed by atoms with E-state index >= 15 is 0 Å². The van der Waals surface area contributed by atoms with E-state index in [0.29, 0.717) is 23.0 Å². The third kappa shape index (κ3) is 3.08. The Balaban J connectivity index is 2.00. The summed E-state index contributed by atoms with van der Waals surface area (Å²) in [6, 6.07) is 5.36. The van der Waals surface area contributed by atoms with E-state index in [0.717, 1.165) is 5.56 Å². The van der Waals surface area contributed by atoms with Gasteiger partial charge in [-0.3, -0.25) is 4.79 Å². The van der Waals surface area contributed by atoms with Gasteiger partial charge in [0.15, 0.2) is 5.82 Å². The predicted molar refractivity (Wildman–Crippen MR) is 71.1 cm³/mol. The molecule has 100 valence electrons. The molecule has 0 aliphatic carbocycles. The average Bonchev–Trinajstić information content (AvgIpc) is 2.93.